The first-order chi connectivity index (χ1) is 9.78. The lowest BCUT2D eigenvalue weighted by Gasteiger charge is -2.28. The van der Waals surface area contributed by atoms with Crippen LogP contribution in [0.4, 0.5) is 0 Å². The Bertz CT molecular complexity index is 553. The lowest BCUT2D eigenvalue weighted by Crippen LogP contribution is -2.29. The van der Waals surface area contributed by atoms with Crippen LogP contribution in [0.5, 0.6) is 0 Å². The molecule has 20 heavy (non-hydrogen) atoms. The summed E-state index contributed by atoms with van der Waals surface area (Å²) in [5.74, 6) is 0.591. The number of rotatable bonds is 3. The first-order valence-corrected chi connectivity index (χ1v) is 7.62. The standard InChI is InChI=1S/C16H20ClN3/c1-18-14-8-4-12(5-9-14)16-15(10-19-20-16)11-2-6-13(17)7-3-11/h2-3,6-7,10,12,14,18H,4-5,8-9H2,1H3,(H,19,20)/t12-,14+. The highest BCUT2D eigenvalue weighted by Gasteiger charge is 2.24. The van der Waals surface area contributed by atoms with Crippen LogP contribution in [-0.2, 0) is 0 Å². The highest BCUT2D eigenvalue weighted by atomic mass is 35.5. The van der Waals surface area contributed by atoms with Gasteiger partial charge in [0, 0.05) is 28.2 Å². The third-order valence-corrected chi connectivity index (χ3v) is 4.62. The predicted octanol–water partition coefficient (Wildman–Crippen LogP) is 3.98. The lowest BCUT2D eigenvalue weighted by atomic mass is 9.82. The SMILES string of the molecule is CN[C@H]1CC[C@@H](c2[nH]ncc2-c2ccc(Cl)cc2)CC1. The molecule has 0 unspecified atom stereocenters. The van der Waals surface area contributed by atoms with E-state index in [0.717, 1.165) is 5.02 Å². The van der Waals surface area contributed by atoms with Crippen LogP contribution in [0, 0.1) is 0 Å². The van der Waals surface area contributed by atoms with Crippen LogP contribution in [0.15, 0.2) is 30.5 Å². The minimum Gasteiger partial charge on any atom is -0.317 e. The van der Waals surface area contributed by atoms with Crippen molar-refractivity contribution in [3.05, 3.63) is 41.2 Å². The second kappa shape index (κ2) is 5.98. The molecule has 3 rings (SSSR count). The van der Waals surface area contributed by atoms with Gasteiger partial charge in [-0.2, -0.15) is 5.10 Å². The van der Waals surface area contributed by atoms with Gasteiger partial charge in [-0.3, -0.25) is 5.10 Å². The number of halogens is 1. The molecule has 1 aliphatic carbocycles. The second-order valence-corrected chi connectivity index (χ2v) is 5.98. The summed E-state index contributed by atoms with van der Waals surface area (Å²) in [6.07, 6.45) is 6.84. The van der Waals surface area contributed by atoms with Crippen molar-refractivity contribution in [3.63, 3.8) is 0 Å². The summed E-state index contributed by atoms with van der Waals surface area (Å²) in [7, 11) is 2.06. The number of hydrogen-bond donors (Lipinski definition) is 2. The summed E-state index contributed by atoms with van der Waals surface area (Å²) >= 11 is 5.96. The summed E-state index contributed by atoms with van der Waals surface area (Å²) in [6.45, 7) is 0. The predicted molar refractivity (Wildman–Crippen MR) is 83.1 cm³/mol. The first-order valence-electron chi connectivity index (χ1n) is 7.24. The molecule has 0 bridgehead atoms. The van der Waals surface area contributed by atoms with Gasteiger partial charge >= 0.3 is 0 Å². The number of nitrogens with zero attached hydrogens (tertiary/aromatic N) is 1. The average molecular weight is 290 g/mol. The van der Waals surface area contributed by atoms with E-state index in [1.54, 1.807) is 0 Å². The van der Waals surface area contributed by atoms with Crippen molar-refractivity contribution < 1.29 is 0 Å². The molecule has 4 heteroatoms. The largest absolute Gasteiger partial charge is 0.317 e. The minimum atomic E-state index is 0.591. The van der Waals surface area contributed by atoms with Crippen molar-refractivity contribution in [2.75, 3.05) is 7.05 Å². The highest BCUT2D eigenvalue weighted by Crippen LogP contribution is 2.37. The van der Waals surface area contributed by atoms with Crippen LogP contribution < -0.4 is 5.32 Å². The van der Waals surface area contributed by atoms with E-state index in [4.69, 9.17) is 11.6 Å². The summed E-state index contributed by atoms with van der Waals surface area (Å²) < 4.78 is 0. The van der Waals surface area contributed by atoms with Crippen LogP contribution in [0.3, 0.4) is 0 Å². The van der Waals surface area contributed by atoms with Crippen LogP contribution in [0.1, 0.15) is 37.3 Å². The molecule has 0 saturated heterocycles. The maximum absolute atomic E-state index is 5.96. The van der Waals surface area contributed by atoms with E-state index in [1.807, 2.05) is 18.3 Å². The van der Waals surface area contributed by atoms with Gasteiger partial charge in [-0.05, 0) is 50.4 Å². The zero-order valence-electron chi connectivity index (χ0n) is 11.7. The van der Waals surface area contributed by atoms with Crippen LogP contribution in [0.25, 0.3) is 11.1 Å². The maximum atomic E-state index is 5.96. The average Bonchev–Trinajstić information content (AvgIpc) is 2.97. The van der Waals surface area contributed by atoms with Gasteiger partial charge < -0.3 is 5.32 Å². The maximum Gasteiger partial charge on any atom is 0.0568 e. The molecule has 2 aromatic rings. The number of hydrogen-bond acceptors (Lipinski definition) is 2. The van der Waals surface area contributed by atoms with Crippen LogP contribution in [0.2, 0.25) is 5.02 Å². The molecule has 0 aliphatic heterocycles. The molecular weight excluding hydrogens is 270 g/mol. The van der Waals surface area contributed by atoms with Gasteiger partial charge in [0.15, 0.2) is 0 Å². The van der Waals surface area contributed by atoms with Crippen molar-refractivity contribution in [2.45, 2.75) is 37.6 Å². The first kappa shape index (κ1) is 13.7. The summed E-state index contributed by atoms with van der Waals surface area (Å²) in [4.78, 5) is 0. The minimum absolute atomic E-state index is 0.591. The Morgan fingerprint density at radius 3 is 2.50 bits per heavy atom. The fraction of sp³-hybridized carbons (Fsp3) is 0.438. The Morgan fingerprint density at radius 1 is 1.15 bits per heavy atom. The smallest absolute Gasteiger partial charge is 0.0568 e. The van der Waals surface area contributed by atoms with E-state index >= 15 is 0 Å². The molecule has 2 N–H and O–H groups in total. The van der Waals surface area contributed by atoms with E-state index in [1.165, 1.54) is 42.5 Å². The van der Waals surface area contributed by atoms with Gasteiger partial charge in [0.1, 0.15) is 0 Å². The molecule has 1 aromatic carbocycles. The van der Waals surface area contributed by atoms with Gasteiger partial charge in [0.2, 0.25) is 0 Å². The third-order valence-electron chi connectivity index (χ3n) is 4.37. The molecular formula is C16H20ClN3. The molecule has 1 fully saturated rings. The third kappa shape index (κ3) is 2.74. The number of aromatic amines is 1. The number of benzene rings is 1. The van der Waals surface area contributed by atoms with Gasteiger partial charge in [0.25, 0.3) is 0 Å². The Kier molecular flexibility index (Phi) is 4.08. The van der Waals surface area contributed by atoms with E-state index in [2.05, 4.69) is 34.7 Å². The van der Waals surface area contributed by atoms with E-state index < -0.39 is 0 Å². The van der Waals surface area contributed by atoms with Crippen molar-refractivity contribution in [3.8, 4) is 11.1 Å². The summed E-state index contributed by atoms with van der Waals surface area (Å²) in [6, 6.07) is 8.68. The van der Waals surface area contributed by atoms with Crippen LogP contribution in [-0.4, -0.2) is 23.3 Å². The van der Waals surface area contributed by atoms with Gasteiger partial charge in [-0.25, -0.2) is 0 Å². The summed E-state index contributed by atoms with van der Waals surface area (Å²) in [5, 5.41) is 11.6. The molecule has 3 nitrogen and oxygen atoms in total. The molecule has 1 heterocycles. The molecule has 0 spiro atoms. The quantitative estimate of drug-likeness (QED) is 0.897. The van der Waals surface area contributed by atoms with Gasteiger partial charge in [0.05, 0.1) is 6.20 Å². The molecule has 0 atom stereocenters. The lowest BCUT2D eigenvalue weighted by molar-refractivity contribution is 0.355. The van der Waals surface area contributed by atoms with Gasteiger partial charge in [-0.1, -0.05) is 23.7 Å². The molecule has 1 aromatic heterocycles. The number of H-pyrrole nitrogens is 1. The topological polar surface area (TPSA) is 40.7 Å². The molecule has 1 aliphatic rings. The second-order valence-electron chi connectivity index (χ2n) is 5.54. The highest BCUT2D eigenvalue weighted by molar-refractivity contribution is 6.30. The van der Waals surface area contributed by atoms with Crippen molar-refractivity contribution in [1.82, 2.24) is 15.5 Å². The van der Waals surface area contributed by atoms with Crippen molar-refractivity contribution in [2.24, 2.45) is 0 Å². The fourth-order valence-corrected chi connectivity index (χ4v) is 3.26. The van der Waals surface area contributed by atoms with Gasteiger partial charge in [-0.15, -0.1) is 0 Å². The van der Waals surface area contributed by atoms with Crippen molar-refractivity contribution in [1.29, 1.82) is 0 Å². The van der Waals surface area contributed by atoms with E-state index in [-0.39, 0.29) is 0 Å². The molecule has 0 amide bonds. The Morgan fingerprint density at radius 2 is 1.85 bits per heavy atom. The summed E-state index contributed by atoms with van der Waals surface area (Å²) in [5.41, 5.74) is 3.69. The van der Waals surface area contributed by atoms with Crippen molar-refractivity contribution >= 4 is 11.6 Å². The van der Waals surface area contributed by atoms with Crippen LogP contribution >= 0.6 is 11.6 Å². The molecule has 0 radical (unpaired) electrons. The fourth-order valence-electron chi connectivity index (χ4n) is 3.14. The zero-order valence-corrected chi connectivity index (χ0v) is 12.5. The number of nitrogens with one attached hydrogen (secondary N) is 2. The van der Waals surface area contributed by atoms with E-state index in [0.29, 0.717) is 12.0 Å². The Labute approximate surface area is 124 Å². The molecule has 106 valence electrons. The molecule has 1 saturated carbocycles. The monoisotopic (exact) mass is 289 g/mol. The Hall–Kier alpha value is -1.32. The zero-order chi connectivity index (χ0) is 13.9. The number of aromatic nitrogens is 2. The van der Waals surface area contributed by atoms with E-state index in [9.17, 15) is 0 Å². The Balaban J connectivity index is 1.82. The normalized spacial score (nSPS) is 22.9.